The summed E-state index contributed by atoms with van der Waals surface area (Å²) in [5, 5.41) is 72.2. The Kier molecular flexibility index (Phi) is 30.6. The Morgan fingerprint density at radius 3 is 1.20 bits per heavy atom. The third-order valence-corrected chi connectivity index (χ3v) is 11.2. The zero-order valence-electron chi connectivity index (χ0n) is 35.1. The van der Waals surface area contributed by atoms with Crippen molar-refractivity contribution in [1.29, 1.82) is 0 Å². The first-order chi connectivity index (χ1) is 27.2. The molecule has 2 aliphatic rings. The highest BCUT2D eigenvalue weighted by molar-refractivity contribution is 4.92. The molecule has 0 aromatic heterocycles. The van der Waals surface area contributed by atoms with E-state index in [2.05, 4.69) is 13.8 Å². The van der Waals surface area contributed by atoms with Crippen LogP contribution in [0, 0.1) is 0 Å². The fourth-order valence-corrected chi connectivity index (χ4v) is 7.40. The molecule has 2 aliphatic heterocycles. The topological polar surface area (TPSA) is 197 Å². The van der Waals surface area contributed by atoms with Crippen molar-refractivity contribution in [3.05, 3.63) is 0 Å². The largest absolute Gasteiger partial charge is 0.394 e. The van der Waals surface area contributed by atoms with E-state index in [0.717, 1.165) is 25.7 Å². The average Bonchev–Trinajstić information content (AvgIpc) is 3.20. The maximum absolute atomic E-state index is 10.8. The lowest BCUT2D eigenvalue weighted by molar-refractivity contribution is -0.338. The summed E-state index contributed by atoms with van der Waals surface area (Å²) >= 11 is 0. The van der Waals surface area contributed by atoms with Gasteiger partial charge in [-0.25, -0.2) is 0 Å². The molecular weight excluding hydrogens is 724 g/mol. The highest BCUT2D eigenvalue weighted by Gasteiger charge is 2.48. The molecule has 2 rings (SSSR count). The molecule has 0 aliphatic carbocycles. The van der Waals surface area contributed by atoms with Crippen molar-refractivity contribution in [2.45, 2.75) is 235 Å². The van der Waals surface area contributed by atoms with Gasteiger partial charge in [-0.1, -0.05) is 155 Å². The van der Waals surface area contributed by atoms with Crippen LogP contribution in [0.1, 0.15) is 168 Å². The van der Waals surface area contributed by atoms with E-state index in [9.17, 15) is 35.7 Å². The summed E-state index contributed by atoms with van der Waals surface area (Å²) in [5.41, 5.74) is 0. The molecule has 0 spiro atoms. The predicted octanol–water partition coefficient (Wildman–Crippen LogP) is 5.43. The first kappa shape index (κ1) is 51.6. The van der Waals surface area contributed by atoms with Gasteiger partial charge in [-0.2, -0.15) is 0 Å². The molecule has 7 N–H and O–H groups in total. The van der Waals surface area contributed by atoms with Crippen LogP contribution in [-0.4, -0.2) is 143 Å². The van der Waals surface area contributed by atoms with Gasteiger partial charge in [-0.15, -0.1) is 0 Å². The molecule has 334 valence electrons. The second-order valence-electron chi connectivity index (χ2n) is 16.2. The Labute approximate surface area is 338 Å². The average molecular weight is 809 g/mol. The molecule has 0 aromatic rings. The molecule has 56 heavy (non-hydrogen) atoms. The number of aliphatic hydroxyl groups excluding tert-OH is 7. The summed E-state index contributed by atoms with van der Waals surface area (Å²) in [6.07, 6.45) is 14.6. The molecule has 2 heterocycles. The van der Waals surface area contributed by atoms with Gasteiger partial charge in [0.1, 0.15) is 54.9 Å². The van der Waals surface area contributed by atoms with Gasteiger partial charge in [0.2, 0.25) is 0 Å². The lowest BCUT2D eigenvalue weighted by Crippen LogP contribution is -2.62. The second kappa shape index (κ2) is 33.2. The van der Waals surface area contributed by atoms with Gasteiger partial charge in [-0.3, -0.25) is 0 Å². The van der Waals surface area contributed by atoms with E-state index < -0.39 is 80.7 Å². The summed E-state index contributed by atoms with van der Waals surface area (Å²) < 4.78 is 34.9. The first-order valence-electron chi connectivity index (χ1n) is 22.7. The van der Waals surface area contributed by atoms with Gasteiger partial charge in [0.05, 0.1) is 26.4 Å². The SMILES string of the molecule is CCCCCCCCCCCCCCOCC(COCCCCCCCCCCCCCC)O[C@@H]1OC(CO[C@@H]2OC(CO)C(O)[C@H](O)[C@@H]2O)C(O)[C@H](O)[C@@H]1O. The molecule has 13 heteroatoms. The highest BCUT2D eigenvalue weighted by Crippen LogP contribution is 2.27. The van der Waals surface area contributed by atoms with Crippen LogP contribution in [0.2, 0.25) is 0 Å². The van der Waals surface area contributed by atoms with E-state index in [-0.39, 0.29) is 13.2 Å². The third kappa shape index (κ3) is 21.7. The van der Waals surface area contributed by atoms with Gasteiger partial charge in [0, 0.05) is 13.2 Å². The maximum atomic E-state index is 10.8. The van der Waals surface area contributed by atoms with Crippen molar-refractivity contribution in [2.24, 2.45) is 0 Å². The van der Waals surface area contributed by atoms with Crippen LogP contribution < -0.4 is 0 Å². The van der Waals surface area contributed by atoms with Crippen LogP contribution in [0.3, 0.4) is 0 Å². The highest BCUT2D eigenvalue weighted by atomic mass is 16.7. The molecule has 0 saturated carbocycles. The van der Waals surface area contributed by atoms with Crippen LogP contribution in [0.25, 0.3) is 0 Å². The Morgan fingerprint density at radius 1 is 0.429 bits per heavy atom. The van der Waals surface area contributed by atoms with Crippen LogP contribution in [0.15, 0.2) is 0 Å². The van der Waals surface area contributed by atoms with Gasteiger partial charge in [-0.05, 0) is 12.8 Å². The minimum atomic E-state index is -1.65. The third-order valence-electron chi connectivity index (χ3n) is 11.2. The fourth-order valence-electron chi connectivity index (χ4n) is 7.40. The molecule has 10 atom stereocenters. The van der Waals surface area contributed by atoms with Crippen LogP contribution in [0.5, 0.6) is 0 Å². The van der Waals surface area contributed by atoms with E-state index >= 15 is 0 Å². The minimum Gasteiger partial charge on any atom is -0.394 e. The molecule has 0 amide bonds. The van der Waals surface area contributed by atoms with Crippen molar-refractivity contribution < 1.29 is 64.2 Å². The summed E-state index contributed by atoms with van der Waals surface area (Å²) in [7, 11) is 0. The second-order valence-corrected chi connectivity index (χ2v) is 16.2. The van der Waals surface area contributed by atoms with Crippen LogP contribution >= 0.6 is 0 Å². The van der Waals surface area contributed by atoms with E-state index in [0.29, 0.717) is 13.2 Å². The van der Waals surface area contributed by atoms with Crippen LogP contribution in [0.4, 0.5) is 0 Å². The van der Waals surface area contributed by atoms with Crippen molar-refractivity contribution in [1.82, 2.24) is 0 Å². The molecule has 0 radical (unpaired) electrons. The predicted molar refractivity (Wildman–Crippen MR) is 215 cm³/mol. The molecule has 2 fully saturated rings. The van der Waals surface area contributed by atoms with Crippen molar-refractivity contribution in [3.8, 4) is 0 Å². The van der Waals surface area contributed by atoms with E-state index in [1.165, 1.54) is 128 Å². The molecule has 13 nitrogen and oxygen atoms in total. The number of hydrogen-bond acceptors (Lipinski definition) is 13. The molecule has 0 bridgehead atoms. The maximum Gasteiger partial charge on any atom is 0.187 e. The van der Waals surface area contributed by atoms with Crippen molar-refractivity contribution in [2.75, 3.05) is 39.6 Å². The molecule has 2 saturated heterocycles. The summed E-state index contributed by atoms with van der Waals surface area (Å²) in [5.74, 6) is 0. The zero-order valence-corrected chi connectivity index (χ0v) is 35.1. The fraction of sp³-hybridized carbons (Fsp3) is 1.00. The minimum absolute atomic E-state index is 0.188. The zero-order chi connectivity index (χ0) is 40.8. The van der Waals surface area contributed by atoms with Gasteiger partial charge < -0.3 is 64.2 Å². The van der Waals surface area contributed by atoms with Crippen LogP contribution in [-0.2, 0) is 28.4 Å². The quantitative estimate of drug-likeness (QED) is 0.0396. The normalized spacial score (nSPS) is 28.4. The Morgan fingerprint density at radius 2 is 0.786 bits per heavy atom. The summed E-state index contributed by atoms with van der Waals surface area (Å²) in [6, 6.07) is 0. The number of aliphatic hydroxyl groups is 7. The number of hydrogen-bond donors (Lipinski definition) is 7. The number of unbranched alkanes of at least 4 members (excludes halogenated alkanes) is 22. The Hall–Kier alpha value is -0.520. The lowest BCUT2D eigenvalue weighted by Gasteiger charge is -2.43. The summed E-state index contributed by atoms with van der Waals surface area (Å²) in [6.45, 7) is 4.93. The Balaban J connectivity index is 1.79. The summed E-state index contributed by atoms with van der Waals surface area (Å²) in [4.78, 5) is 0. The van der Waals surface area contributed by atoms with Crippen molar-refractivity contribution >= 4 is 0 Å². The lowest BCUT2D eigenvalue weighted by atomic mass is 9.98. The monoisotopic (exact) mass is 809 g/mol. The van der Waals surface area contributed by atoms with E-state index in [4.69, 9.17) is 28.4 Å². The number of rotatable bonds is 36. The standard InChI is InChI=1S/C43H84O13/c1-3-5-7-9-11-13-15-17-19-21-23-25-27-51-30-33(31-52-28-26-24-22-20-18-16-14-12-10-8-6-4-2)54-43-41(50)39(48)37(46)35(56-43)32-53-42-40(49)38(47)36(45)34(29-44)55-42/h33-50H,3-32H2,1-2H3/t34?,35?,36?,37?,38-,39-,40-,41-,42+,43+/m0/s1. The molecule has 0 aromatic carbocycles. The van der Waals surface area contributed by atoms with Crippen molar-refractivity contribution in [3.63, 3.8) is 0 Å². The van der Waals surface area contributed by atoms with E-state index in [1.54, 1.807) is 0 Å². The van der Waals surface area contributed by atoms with Gasteiger partial charge in [0.15, 0.2) is 12.6 Å². The van der Waals surface area contributed by atoms with Gasteiger partial charge in [0.25, 0.3) is 0 Å². The smallest absolute Gasteiger partial charge is 0.187 e. The Bertz CT molecular complexity index is 853. The first-order valence-corrected chi connectivity index (χ1v) is 22.7. The molecular formula is C43H84O13. The number of ether oxygens (including phenoxy) is 6. The van der Waals surface area contributed by atoms with Gasteiger partial charge >= 0.3 is 0 Å². The molecule has 4 unspecified atom stereocenters. The van der Waals surface area contributed by atoms with E-state index in [1.807, 2.05) is 0 Å².